The summed E-state index contributed by atoms with van der Waals surface area (Å²) in [7, 11) is 1.58. The van der Waals surface area contributed by atoms with Crippen LogP contribution in [0, 0.1) is 0 Å². The number of tetrazole rings is 1. The number of hydrogen-bond donors (Lipinski definition) is 1. The van der Waals surface area contributed by atoms with Crippen molar-refractivity contribution in [3.05, 3.63) is 59.9 Å². The zero-order valence-corrected chi connectivity index (χ0v) is 15.1. The highest BCUT2D eigenvalue weighted by Crippen LogP contribution is 2.29. The van der Waals surface area contributed by atoms with Crippen LogP contribution in [0.1, 0.15) is 18.3 Å². The molecule has 0 aliphatic carbocycles. The van der Waals surface area contributed by atoms with E-state index in [-0.39, 0.29) is 0 Å². The van der Waals surface area contributed by atoms with E-state index in [0.29, 0.717) is 18.3 Å². The van der Waals surface area contributed by atoms with Crippen LogP contribution in [0.2, 0.25) is 0 Å². The summed E-state index contributed by atoms with van der Waals surface area (Å²) >= 11 is 0. The largest absolute Gasteiger partial charge is 0.466 e. The Morgan fingerprint density at radius 1 is 1.04 bits per heavy atom. The molecule has 4 aromatic rings. The highest BCUT2D eigenvalue weighted by molar-refractivity contribution is 5.80. The average Bonchev–Trinajstić information content (AvgIpc) is 3.38. The number of rotatable bonds is 6. The molecule has 0 saturated heterocycles. The Morgan fingerprint density at radius 2 is 1.81 bits per heavy atom. The number of ether oxygens (including phenoxy) is 1. The number of nitrogens with zero attached hydrogens (tertiary/aromatic N) is 6. The first kappa shape index (κ1) is 16.9. The van der Waals surface area contributed by atoms with Crippen molar-refractivity contribution in [1.82, 2.24) is 35.4 Å². The van der Waals surface area contributed by atoms with Gasteiger partial charge in [-0.25, -0.2) is 9.78 Å². The van der Waals surface area contributed by atoms with Gasteiger partial charge < -0.3 is 4.74 Å². The number of methoxy groups -OCH3 is 1. The van der Waals surface area contributed by atoms with Crippen LogP contribution in [0.4, 0.5) is 0 Å². The highest BCUT2D eigenvalue weighted by Gasteiger charge is 2.12. The molecule has 0 aliphatic heterocycles. The van der Waals surface area contributed by atoms with E-state index >= 15 is 0 Å². The minimum absolute atomic E-state index is 0.401. The normalized spacial score (nSPS) is 10.9. The fourth-order valence-corrected chi connectivity index (χ4v) is 3.02. The Morgan fingerprint density at radius 3 is 2.48 bits per heavy atom. The molecule has 0 unspecified atom stereocenters. The summed E-state index contributed by atoms with van der Waals surface area (Å²) in [5.74, 6) is 1.54. The van der Waals surface area contributed by atoms with Gasteiger partial charge in [0.25, 0.3) is 0 Å². The monoisotopic (exact) mass is 361 g/mol. The van der Waals surface area contributed by atoms with Gasteiger partial charge in [-0.15, -0.1) is 10.2 Å². The van der Waals surface area contributed by atoms with Crippen molar-refractivity contribution >= 4 is 0 Å². The van der Waals surface area contributed by atoms with Crippen LogP contribution in [0.5, 0.6) is 6.01 Å². The second-order valence-corrected chi connectivity index (χ2v) is 6.00. The zero-order valence-electron chi connectivity index (χ0n) is 15.1. The van der Waals surface area contributed by atoms with E-state index < -0.39 is 0 Å². The Labute approximate surface area is 156 Å². The van der Waals surface area contributed by atoms with Crippen LogP contribution in [0.15, 0.2) is 48.5 Å². The zero-order chi connectivity index (χ0) is 18.6. The van der Waals surface area contributed by atoms with Gasteiger partial charge in [0, 0.05) is 18.5 Å². The second-order valence-electron chi connectivity index (χ2n) is 6.00. The van der Waals surface area contributed by atoms with Gasteiger partial charge in [-0.05, 0) is 34.0 Å². The lowest BCUT2D eigenvalue weighted by molar-refractivity contribution is 0.376. The molecule has 4 rings (SSSR count). The maximum atomic E-state index is 5.14. The van der Waals surface area contributed by atoms with Gasteiger partial charge in [0.05, 0.1) is 7.11 Å². The number of H-pyrrole nitrogens is 1. The molecule has 0 aliphatic rings. The number of aromatic amines is 1. The summed E-state index contributed by atoms with van der Waals surface area (Å²) in [5.41, 5.74) is 4.29. The minimum Gasteiger partial charge on any atom is -0.466 e. The standard InChI is InChI=1S/C19H19N7O/c1-3-26-17(20-19(23-26)27-2)12-13-8-10-14(11-9-13)15-6-4-5-7-16(15)18-21-24-25-22-18/h4-11H,3,12H2,1-2H3,(H,21,22,24,25). The molecular weight excluding hydrogens is 342 g/mol. The third-order valence-corrected chi connectivity index (χ3v) is 4.37. The fraction of sp³-hybridized carbons (Fsp3) is 0.211. The summed E-state index contributed by atoms with van der Waals surface area (Å²) in [6.45, 7) is 2.79. The summed E-state index contributed by atoms with van der Waals surface area (Å²) < 4.78 is 7.00. The van der Waals surface area contributed by atoms with Gasteiger partial charge in [-0.1, -0.05) is 48.5 Å². The Balaban J connectivity index is 1.61. The Hall–Kier alpha value is -3.55. The average molecular weight is 361 g/mol. The molecule has 136 valence electrons. The van der Waals surface area contributed by atoms with E-state index in [1.807, 2.05) is 29.8 Å². The Kier molecular flexibility index (Phi) is 4.61. The third kappa shape index (κ3) is 3.41. The fourth-order valence-electron chi connectivity index (χ4n) is 3.02. The van der Waals surface area contributed by atoms with Gasteiger partial charge in [0.2, 0.25) is 0 Å². The van der Waals surface area contributed by atoms with Crippen LogP contribution in [-0.2, 0) is 13.0 Å². The van der Waals surface area contributed by atoms with Crippen molar-refractivity contribution in [2.24, 2.45) is 0 Å². The summed E-state index contributed by atoms with van der Waals surface area (Å²) in [4.78, 5) is 4.43. The molecule has 2 aromatic heterocycles. The van der Waals surface area contributed by atoms with Crippen LogP contribution in [0.25, 0.3) is 22.5 Å². The number of aryl methyl sites for hydroxylation is 1. The molecule has 0 fully saturated rings. The summed E-state index contributed by atoms with van der Waals surface area (Å²) in [6.07, 6.45) is 0.693. The number of benzene rings is 2. The van der Waals surface area contributed by atoms with Crippen molar-refractivity contribution < 1.29 is 4.74 Å². The quantitative estimate of drug-likeness (QED) is 0.567. The molecule has 27 heavy (non-hydrogen) atoms. The Bertz CT molecular complexity index is 1020. The van der Waals surface area contributed by atoms with Crippen LogP contribution < -0.4 is 4.74 Å². The van der Waals surface area contributed by atoms with Crippen molar-refractivity contribution in [3.8, 4) is 28.5 Å². The maximum Gasteiger partial charge on any atom is 0.335 e. The molecule has 0 atom stereocenters. The summed E-state index contributed by atoms with van der Waals surface area (Å²) in [5, 5.41) is 18.5. The van der Waals surface area contributed by atoms with Gasteiger partial charge in [-0.3, -0.25) is 0 Å². The summed E-state index contributed by atoms with van der Waals surface area (Å²) in [6, 6.07) is 16.8. The first-order chi connectivity index (χ1) is 13.3. The lowest BCUT2D eigenvalue weighted by atomic mass is 9.98. The molecule has 0 radical (unpaired) electrons. The van der Waals surface area contributed by atoms with Crippen molar-refractivity contribution in [2.45, 2.75) is 19.9 Å². The molecule has 8 heteroatoms. The molecule has 8 nitrogen and oxygen atoms in total. The van der Waals surface area contributed by atoms with Gasteiger partial charge >= 0.3 is 6.01 Å². The molecular formula is C19H19N7O. The minimum atomic E-state index is 0.401. The van der Waals surface area contributed by atoms with Crippen LogP contribution in [-0.4, -0.2) is 42.5 Å². The second kappa shape index (κ2) is 7.36. The predicted molar refractivity (Wildman–Crippen MR) is 100 cm³/mol. The van der Waals surface area contributed by atoms with E-state index in [9.17, 15) is 0 Å². The van der Waals surface area contributed by atoms with Crippen molar-refractivity contribution in [2.75, 3.05) is 7.11 Å². The van der Waals surface area contributed by atoms with Gasteiger partial charge in [-0.2, -0.15) is 4.98 Å². The molecule has 2 aromatic carbocycles. The maximum absolute atomic E-state index is 5.14. The van der Waals surface area contributed by atoms with E-state index in [0.717, 1.165) is 34.6 Å². The van der Waals surface area contributed by atoms with E-state index in [4.69, 9.17) is 4.74 Å². The molecule has 0 bridgehead atoms. The topological polar surface area (TPSA) is 94.4 Å². The first-order valence-electron chi connectivity index (χ1n) is 8.68. The number of hydrogen-bond acceptors (Lipinski definition) is 6. The first-order valence-corrected chi connectivity index (χ1v) is 8.68. The highest BCUT2D eigenvalue weighted by atomic mass is 16.5. The number of aromatic nitrogens is 7. The van der Waals surface area contributed by atoms with Crippen LogP contribution >= 0.6 is 0 Å². The van der Waals surface area contributed by atoms with Crippen molar-refractivity contribution in [3.63, 3.8) is 0 Å². The molecule has 1 N–H and O–H groups in total. The predicted octanol–water partition coefficient (Wildman–Crippen LogP) is 2.74. The van der Waals surface area contributed by atoms with E-state index in [2.05, 4.69) is 61.0 Å². The van der Waals surface area contributed by atoms with Gasteiger partial charge in [0.1, 0.15) is 5.82 Å². The molecule has 2 heterocycles. The SMILES string of the molecule is CCn1nc(OC)nc1Cc1ccc(-c2ccccc2-c2nnn[nH]2)cc1. The molecule has 0 saturated carbocycles. The van der Waals surface area contributed by atoms with Crippen molar-refractivity contribution in [1.29, 1.82) is 0 Å². The van der Waals surface area contributed by atoms with E-state index in [1.165, 1.54) is 0 Å². The third-order valence-electron chi connectivity index (χ3n) is 4.37. The van der Waals surface area contributed by atoms with E-state index in [1.54, 1.807) is 7.11 Å². The number of nitrogens with one attached hydrogen (secondary N) is 1. The molecule has 0 spiro atoms. The lowest BCUT2D eigenvalue weighted by Gasteiger charge is -2.08. The van der Waals surface area contributed by atoms with Gasteiger partial charge in [0.15, 0.2) is 5.82 Å². The van der Waals surface area contributed by atoms with Crippen LogP contribution in [0.3, 0.4) is 0 Å². The molecule has 0 amide bonds. The lowest BCUT2D eigenvalue weighted by Crippen LogP contribution is -2.04. The smallest absolute Gasteiger partial charge is 0.335 e.